The highest BCUT2D eigenvalue weighted by Gasteiger charge is 2.09. The van der Waals surface area contributed by atoms with Crippen LogP contribution in [0.3, 0.4) is 0 Å². The van der Waals surface area contributed by atoms with Crippen molar-refractivity contribution < 1.29 is 19.7 Å². The van der Waals surface area contributed by atoms with E-state index in [0.717, 1.165) is 13.0 Å². The van der Waals surface area contributed by atoms with E-state index in [2.05, 4.69) is 19.2 Å². The summed E-state index contributed by atoms with van der Waals surface area (Å²) in [6.07, 6.45) is 4.49. The summed E-state index contributed by atoms with van der Waals surface area (Å²) < 4.78 is 10.5. The van der Waals surface area contributed by atoms with Crippen LogP contribution in [0.2, 0.25) is 0 Å². The molecule has 0 aliphatic carbocycles. The molecular weight excluding hydrogens is 270 g/mol. The molecule has 3 N–H and O–H groups in total. The molecule has 0 rings (SSSR count). The first-order chi connectivity index (χ1) is 10.1. The Hall–Kier alpha value is -0.200. The second-order valence-corrected chi connectivity index (χ2v) is 5.71. The van der Waals surface area contributed by atoms with Gasteiger partial charge >= 0.3 is 0 Å². The number of hydrogen-bond acceptors (Lipinski definition) is 5. The Kier molecular flexibility index (Phi) is 14.6. The van der Waals surface area contributed by atoms with Crippen LogP contribution in [0.15, 0.2) is 0 Å². The van der Waals surface area contributed by atoms with Gasteiger partial charge in [-0.2, -0.15) is 0 Å². The first-order valence-electron chi connectivity index (χ1n) is 8.27. The largest absolute Gasteiger partial charge is 0.391 e. The van der Waals surface area contributed by atoms with E-state index in [1.54, 1.807) is 7.11 Å². The Balaban J connectivity index is 3.50. The Morgan fingerprint density at radius 2 is 1.76 bits per heavy atom. The number of rotatable bonds is 15. The predicted octanol–water partition coefficient (Wildman–Crippen LogP) is 1.57. The van der Waals surface area contributed by atoms with Crippen molar-refractivity contribution in [2.24, 2.45) is 5.92 Å². The summed E-state index contributed by atoms with van der Waals surface area (Å²) >= 11 is 0. The maximum Gasteiger partial charge on any atom is 0.0897 e. The Morgan fingerprint density at radius 3 is 2.38 bits per heavy atom. The van der Waals surface area contributed by atoms with Crippen LogP contribution in [-0.4, -0.2) is 62.4 Å². The van der Waals surface area contributed by atoms with Crippen LogP contribution >= 0.6 is 0 Å². The molecule has 3 unspecified atom stereocenters. The summed E-state index contributed by atoms with van der Waals surface area (Å²) in [6, 6.07) is 0. The van der Waals surface area contributed by atoms with E-state index in [0.29, 0.717) is 38.6 Å². The van der Waals surface area contributed by atoms with Gasteiger partial charge in [0.25, 0.3) is 0 Å². The third-order valence-electron chi connectivity index (χ3n) is 3.60. The lowest BCUT2D eigenvalue weighted by molar-refractivity contribution is 0.0184. The summed E-state index contributed by atoms with van der Waals surface area (Å²) in [6.45, 7) is 7.00. The van der Waals surface area contributed by atoms with Crippen LogP contribution in [0, 0.1) is 5.92 Å². The average molecular weight is 305 g/mol. The molecule has 0 saturated heterocycles. The van der Waals surface area contributed by atoms with Crippen LogP contribution in [-0.2, 0) is 9.47 Å². The lowest BCUT2D eigenvalue weighted by Gasteiger charge is -2.17. The highest BCUT2D eigenvalue weighted by Crippen LogP contribution is 2.12. The topological polar surface area (TPSA) is 71.0 Å². The van der Waals surface area contributed by atoms with Crippen molar-refractivity contribution in [3.63, 3.8) is 0 Å². The van der Waals surface area contributed by atoms with Crippen LogP contribution < -0.4 is 5.32 Å². The number of unbranched alkanes of at least 4 members (excludes halogenated alkanes) is 1. The van der Waals surface area contributed by atoms with Gasteiger partial charge in [-0.25, -0.2) is 0 Å². The molecule has 0 aliphatic heterocycles. The van der Waals surface area contributed by atoms with Gasteiger partial charge < -0.3 is 25.0 Å². The number of nitrogens with one attached hydrogen (secondary N) is 1. The Labute approximate surface area is 130 Å². The molecule has 0 radical (unpaired) electrons. The smallest absolute Gasteiger partial charge is 0.0897 e. The first-order valence-corrected chi connectivity index (χ1v) is 8.27. The standard InChI is InChI=1S/C16H35NO4/c1-4-6-7-14(5-2)11-21-13-16(19)10-17-9-8-15(18)12-20-3/h14-19H,4-13H2,1-3H3. The van der Waals surface area contributed by atoms with Crippen molar-refractivity contribution in [1.29, 1.82) is 0 Å². The van der Waals surface area contributed by atoms with E-state index < -0.39 is 12.2 Å². The highest BCUT2D eigenvalue weighted by molar-refractivity contribution is 4.62. The molecule has 0 fully saturated rings. The minimum absolute atomic E-state index is 0.351. The van der Waals surface area contributed by atoms with Gasteiger partial charge in [0.1, 0.15) is 0 Å². The number of methoxy groups -OCH3 is 1. The summed E-state index contributed by atoms with van der Waals surface area (Å²) in [4.78, 5) is 0. The maximum atomic E-state index is 9.80. The molecule has 21 heavy (non-hydrogen) atoms. The van der Waals surface area contributed by atoms with Gasteiger partial charge in [0, 0.05) is 20.3 Å². The molecule has 0 saturated carbocycles. The van der Waals surface area contributed by atoms with Crippen molar-refractivity contribution in [2.75, 3.05) is 40.0 Å². The van der Waals surface area contributed by atoms with Crippen LogP contribution in [0.1, 0.15) is 46.0 Å². The summed E-state index contributed by atoms with van der Waals surface area (Å²) in [5.41, 5.74) is 0. The fraction of sp³-hybridized carbons (Fsp3) is 1.00. The molecule has 0 amide bonds. The first kappa shape index (κ1) is 20.8. The van der Waals surface area contributed by atoms with Crippen LogP contribution in [0.25, 0.3) is 0 Å². The molecule has 0 spiro atoms. The number of ether oxygens (including phenoxy) is 2. The van der Waals surface area contributed by atoms with E-state index in [4.69, 9.17) is 9.47 Å². The molecular formula is C16H35NO4. The lowest BCUT2D eigenvalue weighted by atomic mass is 10.0. The molecule has 3 atom stereocenters. The van der Waals surface area contributed by atoms with Gasteiger partial charge in [-0.05, 0) is 25.3 Å². The van der Waals surface area contributed by atoms with Crippen molar-refractivity contribution in [1.82, 2.24) is 5.32 Å². The van der Waals surface area contributed by atoms with Crippen molar-refractivity contribution in [2.45, 2.75) is 58.2 Å². The number of aliphatic hydroxyl groups is 2. The highest BCUT2D eigenvalue weighted by atomic mass is 16.5. The van der Waals surface area contributed by atoms with Gasteiger partial charge in [0.2, 0.25) is 0 Å². The molecule has 5 nitrogen and oxygen atoms in total. The fourth-order valence-corrected chi connectivity index (χ4v) is 2.14. The number of hydrogen-bond donors (Lipinski definition) is 3. The Bertz CT molecular complexity index is 216. The lowest BCUT2D eigenvalue weighted by Crippen LogP contribution is -2.33. The van der Waals surface area contributed by atoms with E-state index >= 15 is 0 Å². The molecule has 0 aromatic heterocycles. The molecule has 0 aromatic carbocycles. The van der Waals surface area contributed by atoms with Gasteiger partial charge in [-0.3, -0.25) is 0 Å². The summed E-state index contributed by atoms with van der Waals surface area (Å²) in [7, 11) is 1.57. The maximum absolute atomic E-state index is 9.80. The minimum atomic E-state index is -0.492. The van der Waals surface area contributed by atoms with Gasteiger partial charge in [-0.15, -0.1) is 0 Å². The molecule has 128 valence electrons. The van der Waals surface area contributed by atoms with Crippen LogP contribution in [0.5, 0.6) is 0 Å². The molecule has 0 heterocycles. The van der Waals surface area contributed by atoms with E-state index in [-0.39, 0.29) is 0 Å². The van der Waals surface area contributed by atoms with E-state index in [1.165, 1.54) is 19.3 Å². The zero-order valence-corrected chi connectivity index (χ0v) is 14.0. The zero-order valence-electron chi connectivity index (χ0n) is 14.0. The van der Waals surface area contributed by atoms with E-state index in [9.17, 15) is 10.2 Å². The van der Waals surface area contributed by atoms with Crippen molar-refractivity contribution in [3.05, 3.63) is 0 Å². The predicted molar refractivity (Wildman–Crippen MR) is 85.5 cm³/mol. The van der Waals surface area contributed by atoms with Gasteiger partial charge in [-0.1, -0.05) is 33.1 Å². The molecule has 0 aromatic rings. The monoisotopic (exact) mass is 305 g/mol. The Morgan fingerprint density at radius 1 is 1.00 bits per heavy atom. The second-order valence-electron chi connectivity index (χ2n) is 5.71. The minimum Gasteiger partial charge on any atom is -0.391 e. The normalized spacial score (nSPS) is 15.9. The summed E-state index contributed by atoms with van der Waals surface area (Å²) in [5.74, 6) is 0.606. The quantitative estimate of drug-likeness (QED) is 0.401. The van der Waals surface area contributed by atoms with E-state index in [1.807, 2.05) is 0 Å². The number of aliphatic hydroxyl groups excluding tert-OH is 2. The van der Waals surface area contributed by atoms with Crippen LogP contribution in [0.4, 0.5) is 0 Å². The molecule has 5 heteroatoms. The van der Waals surface area contributed by atoms with Gasteiger partial charge in [0.15, 0.2) is 0 Å². The fourth-order valence-electron chi connectivity index (χ4n) is 2.14. The molecule has 0 aliphatic rings. The third kappa shape index (κ3) is 13.2. The van der Waals surface area contributed by atoms with Crippen molar-refractivity contribution >= 4 is 0 Å². The summed E-state index contributed by atoms with van der Waals surface area (Å²) in [5, 5.41) is 22.4. The van der Waals surface area contributed by atoms with Gasteiger partial charge in [0.05, 0.1) is 25.4 Å². The zero-order chi connectivity index (χ0) is 15.9. The molecule has 0 bridgehead atoms. The third-order valence-corrected chi connectivity index (χ3v) is 3.60. The SMILES string of the molecule is CCCCC(CC)COCC(O)CNCCC(O)COC. The second kappa shape index (κ2) is 14.7. The average Bonchev–Trinajstić information content (AvgIpc) is 2.47. The van der Waals surface area contributed by atoms with Crippen molar-refractivity contribution in [3.8, 4) is 0 Å².